The summed E-state index contributed by atoms with van der Waals surface area (Å²) in [6.45, 7) is 4.85. The van der Waals surface area contributed by atoms with Crippen molar-refractivity contribution in [1.82, 2.24) is 10.2 Å². The summed E-state index contributed by atoms with van der Waals surface area (Å²) in [4.78, 5) is 2.52. The predicted octanol–water partition coefficient (Wildman–Crippen LogP) is 1.59. The van der Waals surface area contributed by atoms with Crippen LogP contribution < -0.4 is 5.32 Å². The molecule has 0 amide bonds. The molecule has 0 bridgehead atoms. The smallest absolute Gasteiger partial charge is 0.115 e. The number of phenolic OH excluding ortho intramolecular Hbond substituents is 1. The standard InChI is InChI=1S/C15H24N2O2/c1-19-10-8-16-11-14-3-2-9-17(14)12-13-4-6-15(18)7-5-13/h4-7,14,16,18H,2-3,8-12H2,1H3. The van der Waals surface area contributed by atoms with Crippen molar-refractivity contribution in [3.63, 3.8) is 0 Å². The van der Waals surface area contributed by atoms with Gasteiger partial charge >= 0.3 is 0 Å². The van der Waals surface area contributed by atoms with Crippen LogP contribution in [0.2, 0.25) is 0 Å². The molecule has 4 heteroatoms. The first kappa shape index (κ1) is 14.3. The molecule has 1 aromatic rings. The van der Waals surface area contributed by atoms with Gasteiger partial charge in [0.15, 0.2) is 0 Å². The van der Waals surface area contributed by atoms with Crippen molar-refractivity contribution in [2.75, 3.05) is 33.4 Å². The van der Waals surface area contributed by atoms with Gasteiger partial charge in [0.2, 0.25) is 0 Å². The Morgan fingerprint density at radius 1 is 1.37 bits per heavy atom. The van der Waals surface area contributed by atoms with E-state index in [0.29, 0.717) is 11.8 Å². The maximum Gasteiger partial charge on any atom is 0.115 e. The molecule has 1 unspecified atom stereocenters. The minimum atomic E-state index is 0.336. The number of phenols is 1. The molecule has 0 saturated carbocycles. The normalized spacial score (nSPS) is 19.9. The van der Waals surface area contributed by atoms with Crippen molar-refractivity contribution < 1.29 is 9.84 Å². The molecule has 106 valence electrons. The van der Waals surface area contributed by atoms with Crippen molar-refractivity contribution in [2.24, 2.45) is 0 Å². The molecule has 2 rings (SSSR count). The van der Waals surface area contributed by atoms with E-state index in [2.05, 4.69) is 10.2 Å². The fraction of sp³-hybridized carbons (Fsp3) is 0.600. The number of methoxy groups -OCH3 is 1. The Hall–Kier alpha value is -1.10. The van der Waals surface area contributed by atoms with E-state index >= 15 is 0 Å². The third-order valence-electron chi connectivity index (χ3n) is 3.68. The summed E-state index contributed by atoms with van der Waals surface area (Å²) < 4.78 is 5.04. The van der Waals surface area contributed by atoms with Crippen molar-refractivity contribution in [3.05, 3.63) is 29.8 Å². The van der Waals surface area contributed by atoms with Crippen molar-refractivity contribution >= 4 is 0 Å². The molecule has 0 spiro atoms. The molecule has 2 N–H and O–H groups in total. The lowest BCUT2D eigenvalue weighted by Gasteiger charge is -2.24. The maximum atomic E-state index is 9.30. The molecule has 0 aromatic heterocycles. The predicted molar refractivity (Wildman–Crippen MR) is 76.3 cm³/mol. The Morgan fingerprint density at radius 2 is 2.16 bits per heavy atom. The summed E-state index contributed by atoms with van der Waals surface area (Å²) in [6.07, 6.45) is 2.53. The van der Waals surface area contributed by atoms with E-state index in [4.69, 9.17) is 4.74 Å². The fourth-order valence-electron chi connectivity index (χ4n) is 2.61. The van der Waals surface area contributed by atoms with Crippen LogP contribution in [0.5, 0.6) is 5.75 Å². The molecule has 1 heterocycles. The second-order valence-electron chi connectivity index (χ2n) is 5.13. The summed E-state index contributed by atoms with van der Waals surface area (Å²) in [5, 5.41) is 12.7. The lowest BCUT2D eigenvalue weighted by Crippen LogP contribution is -2.38. The Morgan fingerprint density at radius 3 is 2.89 bits per heavy atom. The molecule has 1 fully saturated rings. The molecule has 0 aliphatic carbocycles. The number of benzene rings is 1. The van der Waals surface area contributed by atoms with E-state index in [1.807, 2.05) is 12.1 Å². The summed E-state index contributed by atoms with van der Waals surface area (Å²) in [7, 11) is 1.73. The molecule has 1 aliphatic heterocycles. The van der Waals surface area contributed by atoms with Crippen LogP contribution in [-0.2, 0) is 11.3 Å². The van der Waals surface area contributed by atoms with Gasteiger partial charge in [0.05, 0.1) is 6.61 Å². The second kappa shape index (κ2) is 7.48. The van der Waals surface area contributed by atoms with E-state index in [-0.39, 0.29) is 0 Å². The Bertz CT molecular complexity index is 367. The van der Waals surface area contributed by atoms with Gasteiger partial charge in [-0.1, -0.05) is 12.1 Å². The van der Waals surface area contributed by atoms with Gasteiger partial charge in [0, 0.05) is 32.8 Å². The first-order valence-electron chi connectivity index (χ1n) is 7.01. The molecule has 0 radical (unpaired) electrons. The number of nitrogens with one attached hydrogen (secondary N) is 1. The molecule has 19 heavy (non-hydrogen) atoms. The Kier molecular flexibility index (Phi) is 5.63. The van der Waals surface area contributed by atoms with Gasteiger partial charge in [-0.15, -0.1) is 0 Å². The van der Waals surface area contributed by atoms with E-state index in [1.165, 1.54) is 18.4 Å². The summed E-state index contributed by atoms with van der Waals surface area (Å²) >= 11 is 0. The van der Waals surface area contributed by atoms with Crippen LogP contribution in [0, 0.1) is 0 Å². The van der Waals surface area contributed by atoms with Gasteiger partial charge in [-0.05, 0) is 37.1 Å². The molecule has 1 saturated heterocycles. The largest absolute Gasteiger partial charge is 0.508 e. The van der Waals surface area contributed by atoms with E-state index < -0.39 is 0 Å². The van der Waals surface area contributed by atoms with Crippen LogP contribution in [-0.4, -0.2) is 49.4 Å². The zero-order valence-electron chi connectivity index (χ0n) is 11.6. The maximum absolute atomic E-state index is 9.30. The molecule has 1 aliphatic rings. The Balaban J connectivity index is 1.79. The molecule has 1 aromatic carbocycles. The van der Waals surface area contributed by atoms with E-state index in [9.17, 15) is 5.11 Å². The lowest BCUT2D eigenvalue weighted by atomic mass is 10.1. The van der Waals surface area contributed by atoms with Gasteiger partial charge in [0.25, 0.3) is 0 Å². The lowest BCUT2D eigenvalue weighted by molar-refractivity contribution is 0.191. The van der Waals surface area contributed by atoms with Crippen LogP contribution in [0.1, 0.15) is 18.4 Å². The van der Waals surface area contributed by atoms with Crippen LogP contribution in [0.15, 0.2) is 24.3 Å². The highest BCUT2D eigenvalue weighted by Gasteiger charge is 2.23. The number of hydrogen-bond donors (Lipinski definition) is 2. The molecule has 1 atom stereocenters. The summed E-state index contributed by atoms with van der Waals surface area (Å²) in [6, 6.07) is 8.14. The highest BCUT2D eigenvalue weighted by Crippen LogP contribution is 2.20. The average molecular weight is 264 g/mol. The number of nitrogens with zero attached hydrogens (tertiary/aromatic N) is 1. The van der Waals surface area contributed by atoms with E-state index in [0.717, 1.165) is 32.8 Å². The number of aromatic hydroxyl groups is 1. The monoisotopic (exact) mass is 264 g/mol. The highest BCUT2D eigenvalue weighted by atomic mass is 16.5. The third-order valence-corrected chi connectivity index (χ3v) is 3.68. The SMILES string of the molecule is COCCNCC1CCCN1Cc1ccc(O)cc1. The van der Waals surface area contributed by atoms with Crippen molar-refractivity contribution in [1.29, 1.82) is 0 Å². The first-order chi connectivity index (χ1) is 9.29. The second-order valence-corrected chi connectivity index (χ2v) is 5.13. The molecular formula is C15H24N2O2. The minimum Gasteiger partial charge on any atom is -0.508 e. The van der Waals surface area contributed by atoms with Crippen LogP contribution in [0.4, 0.5) is 0 Å². The number of hydrogen-bond acceptors (Lipinski definition) is 4. The average Bonchev–Trinajstić information content (AvgIpc) is 2.85. The van der Waals surface area contributed by atoms with Gasteiger partial charge in [-0.25, -0.2) is 0 Å². The molecular weight excluding hydrogens is 240 g/mol. The number of ether oxygens (including phenoxy) is 1. The van der Waals surface area contributed by atoms with Crippen molar-refractivity contribution in [3.8, 4) is 5.75 Å². The van der Waals surface area contributed by atoms with Gasteiger partial charge in [-0.2, -0.15) is 0 Å². The number of likely N-dealkylation sites (tertiary alicyclic amines) is 1. The van der Waals surface area contributed by atoms with Gasteiger partial charge in [0.1, 0.15) is 5.75 Å². The van der Waals surface area contributed by atoms with E-state index in [1.54, 1.807) is 19.2 Å². The summed E-state index contributed by atoms with van der Waals surface area (Å²) in [5.74, 6) is 0.336. The van der Waals surface area contributed by atoms with Gasteiger partial charge < -0.3 is 15.2 Å². The quantitative estimate of drug-likeness (QED) is 0.734. The van der Waals surface area contributed by atoms with Crippen LogP contribution >= 0.6 is 0 Å². The summed E-state index contributed by atoms with van der Waals surface area (Å²) in [5.41, 5.74) is 1.27. The third kappa shape index (κ3) is 4.49. The zero-order valence-corrected chi connectivity index (χ0v) is 11.6. The Labute approximate surface area is 115 Å². The van der Waals surface area contributed by atoms with Gasteiger partial charge in [-0.3, -0.25) is 4.90 Å². The fourth-order valence-corrected chi connectivity index (χ4v) is 2.61. The first-order valence-corrected chi connectivity index (χ1v) is 7.01. The van der Waals surface area contributed by atoms with Crippen molar-refractivity contribution in [2.45, 2.75) is 25.4 Å². The molecule has 4 nitrogen and oxygen atoms in total. The van der Waals surface area contributed by atoms with Crippen LogP contribution in [0.25, 0.3) is 0 Å². The van der Waals surface area contributed by atoms with Crippen LogP contribution in [0.3, 0.4) is 0 Å². The minimum absolute atomic E-state index is 0.336. The highest BCUT2D eigenvalue weighted by molar-refractivity contribution is 5.25. The number of rotatable bonds is 7. The topological polar surface area (TPSA) is 44.7 Å². The zero-order chi connectivity index (χ0) is 13.5.